The van der Waals surface area contributed by atoms with Crippen LogP contribution in [0, 0.1) is 0 Å². The van der Waals surface area contributed by atoms with Gasteiger partial charge >= 0.3 is 5.97 Å². The van der Waals surface area contributed by atoms with Crippen LogP contribution >= 0.6 is 11.3 Å². The van der Waals surface area contributed by atoms with E-state index < -0.39 is 22.0 Å². The van der Waals surface area contributed by atoms with Crippen molar-refractivity contribution in [1.82, 2.24) is 4.72 Å². The fourth-order valence-corrected chi connectivity index (χ4v) is 4.00. The van der Waals surface area contributed by atoms with E-state index in [4.69, 9.17) is 5.11 Å². The Kier molecular flexibility index (Phi) is 5.30. The summed E-state index contributed by atoms with van der Waals surface area (Å²) in [5.41, 5.74) is 0. The number of nitrogens with one attached hydrogen (secondary N) is 1. The van der Waals surface area contributed by atoms with E-state index in [2.05, 4.69) is 4.72 Å². The number of thiophene rings is 1. The highest BCUT2D eigenvalue weighted by Gasteiger charge is 2.25. The van der Waals surface area contributed by atoms with Crippen LogP contribution in [0.3, 0.4) is 0 Å². The molecule has 0 aliphatic heterocycles. The molecule has 0 aliphatic carbocycles. The molecule has 0 saturated carbocycles. The first-order valence-corrected chi connectivity index (χ1v) is 8.04. The highest BCUT2D eigenvalue weighted by molar-refractivity contribution is 7.91. The molecule has 0 amide bonds. The third-order valence-corrected chi connectivity index (χ3v) is 5.62. The number of aliphatic carboxylic acids is 1. The molecule has 0 aliphatic rings. The zero-order chi connectivity index (χ0) is 13.8. The molecule has 1 unspecified atom stereocenters. The highest BCUT2D eigenvalue weighted by atomic mass is 32.2. The van der Waals surface area contributed by atoms with E-state index in [1.165, 1.54) is 17.4 Å². The average Bonchev–Trinajstić information content (AvgIpc) is 2.77. The smallest absolute Gasteiger partial charge is 0.321 e. The minimum atomic E-state index is -3.73. The summed E-state index contributed by atoms with van der Waals surface area (Å²) >= 11 is 1.17. The number of carboxylic acids is 1. The van der Waals surface area contributed by atoms with Crippen LogP contribution < -0.4 is 4.72 Å². The third-order valence-electron chi connectivity index (χ3n) is 2.42. The van der Waals surface area contributed by atoms with Gasteiger partial charge in [-0.2, -0.15) is 4.72 Å². The van der Waals surface area contributed by atoms with E-state index in [1.54, 1.807) is 6.07 Å². The number of aryl methyl sites for hydroxylation is 1. The first kappa shape index (κ1) is 15.1. The fourth-order valence-electron chi connectivity index (χ4n) is 1.46. The van der Waals surface area contributed by atoms with E-state index in [0.29, 0.717) is 6.42 Å². The first-order chi connectivity index (χ1) is 8.40. The average molecular weight is 291 g/mol. The van der Waals surface area contributed by atoms with Crippen molar-refractivity contribution in [3.05, 3.63) is 17.0 Å². The Morgan fingerprint density at radius 1 is 1.44 bits per heavy atom. The monoisotopic (exact) mass is 291 g/mol. The summed E-state index contributed by atoms with van der Waals surface area (Å²) in [4.78, 5) is 11.9. The van der Waals surface area contributed by atoms with Crippen molar-refractivity contribution in [2.45, 2.75) is 43.4 Å². The van der Waals surface area contributed by atoms with Crippen molar-refractivity contribution >= 4 is 27.3 Å². The molecule has 7 heteroatoms. The number of sulfonamides is 1. The molecular weight excluding hydrogens is 274 g/mol. The second-order valence-corrected chi connectivity index (χ2v) is 6.98. The molecular formula is C11H17NO4S2. The largest absolute Gasteiger partial charge is 0.480 e. The summed E-state index contributed by atoms with van der Waals surface area (Å²) in [7, 11) is -3.73. The predicted molar refractivity (Wildman–Crippen MR) is 70.4 cm³/mol. The van der Waals surface area contributed by atoms with Gasteiger partial charge in [-0.25, -0.2) is 8.42 Å². The molecule has 1 heterocycles. The van der Waals surface area contributed by atoms with Crippen LogP contribution in [0.2, 0.25) is 0 Å². The molecule has 18 heavy (non-hydrogen) atoms. The topological polar surface area (TPSA) is 83.5 Å². The molecule has 5 nitrogen and oxygen atoms in total. The Morgan fingerprint density at radius 2 is 2.11 bits per heavy atom. The second kappa shape index (κ2) is 6.31. The predicted octanol–water partition coefficient (Wildman–Crippen LogP) is 1.84. The number of hydrogen-bond donors (Lipinski definition) is 2. The van der Waals surface area contributed by atoms with Gasteiger partial charge < -0.3 is 5.11 Å². The lowest BCUT2D eigenvalue weighted by Crippen LogP contribution is -2.40. The standard InChI is InChI=1S/C11H17NO4S2/c1-3-5-9(11(13)14)12-18(15,16)10-7-6-8(4-2)17-10/h6-7,9,12H,3-5H2,1-2H3,(H,13,14). The van der Waals surface area contributed by atoms with E-state index >= 15 is 0 Å². The summed E-state index contributed by atoms with van der Waals surface area (Å²) in [5.74, 6) is -1.15. The highest BCUT2D eigenvalue weighted by Crippen LogP contribution is 2.22. The summed E-state index contributed by atoms with van der Waals surface area (Å²) in [6, 6.07) is 2.19. The molecule has 1 aromatic heterocycles. The molecule has 1 aromatic rings. The van der Waals surface area contributed by atoms with Crippen molar-refractivity contribution in [3.63, 3.8) is 0 Å². The van der Waals surface area contributed by atoms with E-state index in [-0.39, 0.29) is 10.6 Å². The lowest BCUT2D eigenvalue weighted by Gasteiger charge is -2.12. The van der Waals surface area contributed by atoms with Crippen LogP contribution in [0.4, 0.5) is 0 Å². The van der Waals surface area contributed by atoms with Gasteiger partial charge in [-0.1, -0.05) is 20.3 Å². The maximum absolute atomic E-state index is 12.0. The molecule has 0 spiro atoms. The van der Waals surface area contributed by atoms with Crippen LogP contribution in [0.5, 0.6) is 0 Å². The number of carbonyl (C=O) groups is 1. The summed E-state index contributed by atoms with van der Waals surface area (Å²) in [5, 5.41) is 8.94. The molecule has 0 fully saturated rings. The van der Waals surface area contributed by atoms with Crippen molar-refractivity contribution in [3.8, 4) is 0 Å². The molecule has 1 atom stereocenters. The molecule has 2 N–H and O–H groups in total. The van der Waals surface area contributed by atoms with E-state index in [1.807, 2.05) is 13.8 Å². The van der Waals surface area contributed by atoms with Crippen molar-refractivity contribution in [1.29, 1.82) is 0 Å². The van der Waals surface area contributed by atoms with Crippen molar-refractivity contribution in [2.24, 2.45) is 0 Å². The fraction of sp³-hybridized carbons (Fsp3) is 0.545. The minimum Gasteiger partial charge on any atom is -0.480 e. The van der Waals surface area contributed by atoms with Gasteiger partial charge in [0.15, 0.2) is 0 Å². The third kappa shape index (κ3) is 3.79. The molecule has 102 valence electrons. The van der Waals surface area contributed by atoms with Crippen molar-refractivity contribution < 1.29 is 18.3 Å². The number of carboxylic acid groups (broad SMARTS) is 1. The summed E-state index contributed by atoms with van der Waals surface area (Å²) in [6.45, 7) is 3.75. The van der Waals surface area contributed by atoms with Gasteiger partial charge in [-0.3, -0.25) is 4.79 Å². The Balaban J connectivity index is 2.89. The number of hydrogen-bond acceptors (Lipinski definition) is 4. The lowest BCUT2D eigenvalue weighted by atomic mass is 10.2. The molecule has 0 radical (unpaired) electrons. The van der Waals surface area contributed by atoms with Gasteiger partial charge in [-0.05, 0) is 25.0 Å². The van der Waals surface area contributed by atoms with Gasteiger partial charge in [0, 0.05) is 4.88 Å². The molecule has 0 bridgehead atoms. The maximum Gasteiger partial charge on any atom is 0.321 e. The Hall–Kier alpha value is -0.920. The summed E-state index contributed by atoms with van der Waals surface area (Å²) < 4.78 is 26.4. The van der Waals surface area contributed by atoms with Gasteiger partial charge in [0.25, 0.3) is 10.0 Å². The molecule has 1 rings (SSSR count). The SMILES string of the molecule is CCCC(NS(=O)(=O)c1ccc(CC)s1)C(=O)O. The Labute approximate surface area is 111 Å². The zero-order valence-electron chi connectivity index (χ0n) is 10.3. The zero-order valence-corrected chi connectivity index (χ0v) is 12.0. The molecule has 0 saturated heterocycles. The Bertz CT molecular complexity index is 507. The van der Waals surface area contributed by atoms with Crippen LogP contribution in [-0.4, -0.2) is 25.5 Å². The lowest BCUT2D eigenvalue weighted by molar-refractivity contribution is -0.139. The normalized spacial score (nSPS) is 13.4. The van der Waals surface area contributed by atoms with E-state index in [9.17, 15) is 13.2 Å². The minimum absolute atomic E-state index is 0.168. The van der Waals surface area contributed by atoms with Crippen LogP contribution in [0.1, 0.15) is 31.6 Å². The first-order valence-electron chi connectivity index (χ1n) is 5.74. The van der Waals surface area contributed by atoms with Crippen LogP contribution in [0.15, 0.2) is 16.3 Å². The van der Waals surface area contributed by atoms with Gasteiger partial charge in [0.05, 0.1) is 0 Å². The maximum atomic E-state index is 12.0. The Morgan fingerprint density at radius 3 is 2.56 bits per heavy atom. The number of rotatable bonds is 7. The van der Waals surface area contributed by atoms with Crippen LogP contribution in [0.25, 0.3) is 0 Å². The molecule has 0 aromatic carbocycles. The van der Waals surface area contributed by atoms with Gasteiger partial charge in [0.1, 0.15) is 10.3 Å². The van der Waals surface area contributed by atoms with Crippen LogP contribution in [-0.2, 0) is 21.2 Å². The van der Waals surface area contributed by atoms with Crippen molar-refractivity contribution in [2.75, 3.05) is 0 Å². The second-order valence-electron chi connectivity index (χ2n) is 3.88. The quantitative estimate of drug-likeness (QED) is 0.803. The van der Waals surface area contributed by atoms with E-state index in [0.717, 1.165) is 11.3 Å². The van der Waals surface area contributed by atoms with Gasteiger partial charge in [0.2, 0.25) is 0 Å². The summed E-state index contributed by atoms with van der Waals surface area (Å²) in [6.07, 6.45) is 1.64. The van der Waals surface area contributed by atoms with Gasteiger partial charge in [-0.15, -0.1) is 11.3 Å².